The van der Waals surface area contributed by atoms with E-state index in [0.717, 1.165) is 16.8 Å². The smallest absolute Gasteiger partial charge is 0.315 e. The third kappa shape index (κ3) is 3.94. The van der Waals surface area contributed by atoms with E-state index in [2.05, 4.69) is 12.1 Å². The second-order valence-corrected chi connectivity index (χ2v) is 9.11. The van der Waals surface area contributed by atoms with Gasteiger partial charge in [0.2, 0.25) is 6.79 Å². The molecule has 33 heavy (non-hydrogen) atoms. The zero-order valence-corrected chi connectivity index (χ0v) is 19.0. The topological polar surface area (TPSA) is 74.2 Å². The highest BCUT2D eigenvalue weighted by molar-refractivity contribution is 6.09. The van der Waals surface area contributed by atoms with Crippen LogP contribution in [0.1, 0.15) is 56.6 Å². The van der Waals surface area contributed by atoms with Gasteiger partial charge in [0, 0.05) is 29.3 Å². The Morgan fingerprint density at radius 2 is 1.79 bits per heavy atom. The van der Waals surface area contributed by atoms with E-state index in [1.807, 2.05) is 57.2 Å². The summed E-state index contributed by atoms with van der Waals surface area (Å²) in [6, 6.07) is 15.7. The number of fused-ring (bicyclic) bond motifs is 1. The van der Waals surface area contributed by atoms with Crippen LogP contribution in [0.25, 0.3) is 0 Å². The van der Waals surface area contributed by atoms with Gasteiger partial charge < -0.3 is 14.2 Å². The highest BCUT2D eigenvalue weighted by Gasteiger charge is 2.45. The molecule has 6 nitrogen and oxygen atoms in total. The van der Waals surface area contributed by atoms with Crippen LogP contribution in [0.3, 0.4) is 0 Å². The molecule has 0 saturated carbocycles. The molecule has 0 saturated heterocycles. The van der Waals surface area contributed by atoms with Crippen molar-refractivity contribution in [3.8, 4) is 11.5 Å². The van der Waals surface area contributed by atoms with E-state index in [4.69, 9.17) is 19.2 Å². The number of hydrogen-bond donors (Lipinski definition) is 0. The number of Topliss-reactive ketones (excluding diaryl/α,β-unsaturated/α-hetero) is 1. The predicted molar refractivity (Wildman–Crippen MR) is 124 cm³/mol. The van der Waals surface area contributed by atoms with Crippen molar-refractivity contribution in [2.45, 2.75) is 51.6 Å². The van der Waals surface area contributed by atoms with Crippen LogP contribution in [0.15, 0.2) is 64.8 Å². The first-order chi connectivity index (χ1) is 15.9. The van der Waals surface area contributed by atoms with Crippen molar-refractivity contribution in [2.75, 3.05) is 6.79 Å². The molecular formula is C27H27NO5. The summed E-state index contributed by atoms with van der Waals surface area (Å²) in [7, 11) is 0. The summed E-state index contributed by atoms with van der Waals surface area (Å²) >= 11 is 0. The SMILES string of the molecule is CC1=NC2=C(C(=O)C[C@@H](c3ccccc3)C2)[C@H](c2ccc3c(c2)OCO3)C1C(=O)OC(C)C. The van der Waals surface area contributed by atoms with Crippen molar-refractivity contribution in [3.05, 3.63) is 70.9 Å². The van der Waals surface area contributed by atoms with Crippen molar-refractivity contribution in [3.63, 3.8) is 0 Å². The molecule has 0 spiro atoms. The predicted octanol–water partition coefficient (Wildman–Crippen LogP) is 4.94. The van der Waals surface area contributed by atoms with E-state index in [1.165, 1.54) is 0 Å². The first-order valence-corrected chi connectivity index (χ1v) is 11.4. The molecule has 3 aliphatic rings. The average molecular weight is 446 g/mol. The summed E-state index contributed by atoms with van der Waals surface area (Å²) in [6.45, 7) is 5.66. The van der Waals surface area contributed by atoms with Crippen molar-refractivity contribution in [1.82, 2.24) is 0 Å². The summed E-state index contributed by atoms with van der Waals surface area (Å²) in [5.41, 5.74) is 4.03. The molecule has 2 aromatic carbocycles. The van der Waals surface area contributed by atoms with Crippen LogP contribution in [0.5, 0.6) is 11.5 Å². The molecule has 2 aromatic rings. The lowest BCUT2D eigenvalue weighted by Gasteiger charge is -2.36. The monoisotopic (exact) mass is 445 g/mol. The molecule has 0 radical (unpaired) electrons. The number of aliphatic imine (C=N–C) groups is 1. The van der Waals surface area contributed by atoms with E-state index < -0.39 is 11.8 Å². The van der Waals surface area contributed by atoms with E-state index in [-0.39, 0.29) is 30.6 Å². The largest absolute Gasteiger partial charge is 0.462 e. The first-order valence-electron chi connectivity index (χ1n) is 11.4. The number of allylic oxidation sites excluding steroid dienone is 2. The highest BCUT2D eigenvalue weighted by atomic mass is 16.7. The number of hydrogen-bond acceptors (Lipinski definition) is 6. The van der Waals surface area contributed by atoms with Gasteiger partial charge in [-0.05, 0) is 56.4 Å². The Morgan fingerprint density at radius 1 is 1.03 bits per heavy atom. The Bertz CT molecular complexity index is 1160. The van der Waals surface area contributed by atoms with Gasteiger partial charge in [-0.25, -0.2) is 0 Å². The average Bonchev–Trinajstić information content (AvgIpc) is 3.26. The van der Waals surface area contributed by atoms with Crippen LogP contribution >= 0.6 is 0 Å². The van der Waals surface area contributed by atoms with Crippen molar-refractivity contribution >= 4 is 17.5 Å². The van der Waals surface area contributed by atoms with E-state index >= 15 is 0 Å². The minimum absolute atomic E-state index is 0.0337. The molecule has 170 valence electrons. The van der Waals surface area contributed by atoms with Gasteiger partial charge in [0.05, 0.1) is 6.10 Å². The number of ether oxygens (including phenoxy) is 3. The van der Waals surface area contributed by atoms with E-state index in [1.54, 1.807) is 0 Å². The number of carbonyl (C=O) groups is 2. The second kappa shape index (κ2) is 8.50. The van der Waals surface area contributed by atoms with Crippen LogP contribution in [0.4, 0.5) is 0 Å². The van der Waals surface area contributed by atoms with Crippen LogP contribution in [0.2, 0.25) is 0 Å². The van der Waals surface area contributed by atoms with Crippen molar-refractivity contribution in [1.29, 1.82) is 0 Å². The molecule has 0 aromatic heterocycles. The molecule has 2 aliphatic heterocycles. The number of ketones is 1. The Balaban J connectivity index is 1.60. The van der Waals surface area contributed by atoms with Gasteiger partial charge in [-0.2, -0.15) is 0 Å². The quantitative estimate of drug-likeness (QED) is 0.623. The number of rotatable bonds is 4. The molecule has 5 rings (SSSR count). The normalized spacial score (nSPS) is 23.9. The Morgan fingerprint density at radius 3 is 2.55 bits per heavy atom. The third-order valence-electron chi connectivity index (χ3n) is 6.52. The summed E-state index contributed by atoms with van der Waals surface area (Å²) in [4.78, 5) is 31.6. The first kappa shape index (κ1) is 21.4. The molecular weight excluding hydrogens is 418 g/mol. The van der Waals surface area contributed by atoms with Crippen LogP contribution in [-0.4, -0.2) is 30.4 Å². The number of benzene rings is 2. The van der Waals surface area contributed by atoms with Gasteiger partial charge in [0.25, 0.3) is 0 Å². The summed E-state index contributed by atoms with van der Waals surface area (Å²) < 4.78 is 16.6. The van der Waals surface area contributed by atoms with E-state index in [0.29, 0.717) is 35.6 Å². The summed E-state index contributed by atoms with van der Waals surface area (Å²) in [5.74, 6) is -0.104. The van der Waals surface area contributed by atoms with Crippen LogP contribution in [-0.2, 0) is 14.3 Å². The van der Waals surface area contributed by atoms with Crippen LogP contribution in [0, 0.1) is 5.92 Å². The maximum Gasteiger partial charge on any atom is 0.315 e. The molecule has 3 atom stereocenters. The zero-order chi connectivity index (χ0) is 23.1. The Kier molecular flexibility index (Phi) is 5.52. The maximum atomic E-state index is 13.6. The van der Waals surface area contributed by atoms with Crippen molar-refractivity contribution < 1.29 is 23.8 Å². The fourth-order valence-corrected chi connectivity index (χ4v) is 5.10. The number of esters is 1. The number of nitrogens with zero attached hydrogens (tertiary/aromatic N) is 1. The molecule has 1 unspecified atom stereocenters. The fraction of sp³-hybridized carbons (Fsp3) is 0.370. The maximum absolute atomic E-state index is 13.6. The second-order valence-electron chi connectivity index (χ2n) is 9.11. The third-order valence-corrected chi connectivity index (χ3v) is 6.52. The fourth-order valence-electron chi connectivity index (χ4n) is 5.10. The van der Waals surface area contributed by atoms with Gasteiger partial charge in [0.15, 0.2) is 17.3 Å². The van der Waals surface area contributed by atoms with Crippen molar-refractivity contribution in [2.24, 2.45) is 10.9 Å². The highest BCUT2D eigenvalue weighted by Crippen LogP contribution is 2.48. The molecule has 0 N–H and O–H groups in total. The molecule has 0 amide bonds. The van der Waals surface area contributed by atoms with Gasteiger partial charge >= 0.3 is 5.97 Å². The van der Waals surface area contributed by atoms with Gasteiger partial charge in [0.1, 0.15) is 5.92 Å². The minimum Gasteiger partial charge on any atom is -0.462 e. The Hall–Kier alpha value is -3.41. The molecule has 0 fully saturated rings. The van der Waals surface area contributed by atoms with Gasteiger partial charge in [-0.3, -0.25) is 14.6 Å². The standard InChI is InChI=1S/C27H27NO5/c1-15(2)33-27(30)24-16(3)28-20-11-19(17-7-5-4-6-8-17)12-21(29)26(20)25(24)18-9-10-22-23(13-18)32-14-31-22/h4-10,13,15,19,24-25H,11-12,14H2,1-3H3/t19-,24?,25+/m0/s1. The zero-order valence-electron chi connectivity index (χ0n) is 19.0. The lowest BCUT2D eigenvalue weighted by Crippen LogP contribution is -2.38. The number of carbonyl (C=O) groups excluding carboxylic acids is 2. The molecule has 1 aliphatic carbocycles. The van der Waals surface area contributed by atoms with Crippen LogP contribution < -0.4 is 9.47 Å². The molecule has 6 heteroatoms. The lowest BCUT2D eigenvalue weighted by atomic mass is 9.69. The minimum atomic E-state index is -0.663. The molecule has 0 bridgehead atoms. The summed E-state index contributed by atoms with van der Waals surface area (Å²) in [6.07, 6.45) is 0.794. The summed E-state index contributed by atoms with van der Waals surface area (Å²) in [5, 5.41) is 0. The molecule has 2 heterocycles. The lowest BCUT2D eigenvalue weighted by molar-refractivity contribution is -0.150. The van der Waals surface area contributed by atoms with E-state index in [9.17, 15) is 9.59 Å². The van der Waals surface area contributed by atoms with Gasteiger partial charge in [-0.1, -0.05) is 36.4 Å². The van der Waals surface area contributed by atoms with Gasteiger partial charge in [-0.15, -0.1) is 0 Å². The Labute approximate surface area is 193 Å².